The molecule has 4 nitrogen and oxygen atoms in total. The maximum atomic E-state index is 12.0. The summed E-state index contributed by atoms with van der Waals surface area (Å²) in [5, 5.41) is 0. The lowest BCUT2D eigenvalue weighted by Crippen LogP contribution is -2.08. The highest BCUT2D eigenvalue weighted by Gasteiger charge is 2.08. The number of esters is 1. The van der Waals surface area contributed by atoms with E-state index in [9.17, 15) is 9.59 Å². The maximum absolute atomic E-state index is 12.0. The van der Waals surface area contributed by atoms with E-state index in [1.54, 1.807) is 48.5 Å². The van der Waals surface area contributed by atoms with E-state index in [1.165, 1.54) is 0 Å². The van der Waals surface area contributed by atoms with Gasteiger partial charge in [0.25, 0.3) is 0 Å². The second kappa shape index (κ2) is 7.24. The van der Waals surface area contributed by atoms with Crippen molar-refractivity contribution in [3.8, 4) is 17.2 Å². The van der Waals surface area contributed by atoms with Crippen LogP contribution in [0.3, 0.4) is 0 Å². The van der Waals surface area contributed by atoms with Crippen LogP contribution < -0.4 is 9.47 Å². The van der Waals surface area contributed by atoms with Crippen molar-refractivity contribution in [3.05, 3.63) is 90.0 Å². The van der Waals surface area contributed by atoms with Crippen LogP contribution in [0.25, 0.3) is 0 Å². The number of rotatable bonds is 5. The van der Waals surface area contributed by atoms with E-state index < -0.39 is 5.97 Å². The average Bonchev–Trinajstić information content (AvgIpc) is 2.64. The zero-order valence-corrected chi connectivity index (χ0v) is 12.7. The van der Waals surface area contributed by atoms with Gasteiger partial charge in [-0.15, -0.1) is 0 Å². The largest absolute Gasteiger partial charge is 0.457 e. The van der Waals surface area contributed by atoms with Crippen LogP contribution in [-0.2, 0) is 0 Å². The lowest BCUT2D eigenvalue weighted by atomic mass is 10.1. The molecule has 4 heteroatoms. The summed E-state index contributed by atoms with van der Waals surface area (Å²) in [7, 11) is 0. The Kier molecular flexibility index (Phi) is 4.68. The Morgan fingerprint density at radius 1 is 0.708 bits per heavy atom. The van der Waals surface area contributed by atoms with E-state index in [0.29, 0.717) is 22.6 Å². The first-order chi connectivity index (χ1) is 11.7. The number of carbonyl (C=O) groups is 2. The first-order valence-electron chi connectivity index (χ1n) is 7.35. The molecule has 0 heterocycles. The van der Waals surface area contributed by atoms with Crippen molar-refractivity contribution in [2.75, 3.05) is 0 Å². The fraction of sp³-hybridized carbons (Fsp3) is 0. The van der Waals surface area contributed by atoms with E-state index in [0.717, 1.165) is 12.0 Å². The predicted octanol–water partition coefficient (Wildman–Crippen LogP) is 4.51. The van der Waals surface area contributed by atoms with E-state index in [-0.39, 0.29) is 0 Å². The monoisotopic (exact) mass is 318 g/mol. The fourth-order valence-corrected chi connectivity index (χ4v) is 2.06. The Bertz CT molecular complexity index is 822. The van der Waals surface area contributed by atoms with Crippen molar-refractivity contribution >= 4 is 12.3 Å². The molecule has 0 radical (unpaired) electrons. The highest BCUT2D eigenvalue weighted by atomic mass is 16.5. The van der Waals surface area contributed by atoms with Gasteiger partial charge in [-0.2, -0.15) is 0 Å². The van der Waals surface area contributed by atoms with E-state index >= 15 is 0 Å². The minimum atomic E-state index is -0.482. The van der Waals surface area contributed by atoms with Gasteiger partial charge in [0.15, 0.2) is 0 Å². The molecule has 0 atom stereocenters. The molecule has 3 aromatic rings. The SMILES string of the molecule is O=Cc1ccc(C(=O)Oc2ccc(Oc3ccccc3)cc2)cc1. The van der Waals surface area contributed by atoms with Crippen molar-refractivity contribution < 1.29 is 19.1 Å². The number of aldehydes is 1. The van der Waals surface area contributed by atoms with Crippen molar-refractivity contribution in [3.63, 3.8) is 0 Å². The van der Waals surface area contributed by atoms with E-state index in [2.05, 4.69) is 0 Å². The molecule has 118 valence electrons. The molecule has 3 rings (SSSR count). The number of carbonyl (C=O) groups excluding carboxylic acids is 2. The third-order valence-electron chi connectivity index (χ3n) is 3.30. The summed E-state index contributed by atoms with van der Waals surface area (Å²) >= 11 is 0. The molecular formula is C20H14O4. The second-order valence-corrected chi connectivity index (χ2v) is 5.02. The molecule has 0 aliphatic rings. The molecule has 0 aliphatic carbocycles. The Labute approximate surface area is 139 Å². The highest BCUT2D eigenvalue weighted by Crippen LogP contribution is 2.24. The smallest absolute Gasteiger partial charge is 0.343 e. The van der Waals surface area contributed by atoms with Crippen molar-refractivity contribution in [1.82, 2.24) is 0 Å². The van der Waals surface area contributed by atoms with Gasteiger partial charge in [0.1, 0.15) is 23.5 Å². The quantitative estimate of drug-likeness (QED) is 0.394. The van der Waals surface area contributed by atoms with Crippen LogP contribution >= 0.6 is 0 Å². The zero-order valence-electron chi connectivity index (χ0n) is 12.7. The third kappa shape index (κ3) is 3.87. The molecule has 0 aromatic heterocycles. The van der Waals surface area contributed by atoms with Crippen LogP contribution in [0.2, 0.25) is 0 Å². The summed E-state index contributed by atoms with van der Waals surface area (Å²) in [6.45, 7) is 0. The molecular weight excluding hydrogens is 304 g/mol. The maximum Gasteiger partial charge on any atom is 0.343 e. The van der Waals surface area contributed by atoms with Crippen LogP contribution in [0.5, 0.6) is 17.2 Å². The van der Waals surface area contributed by atoms with Crippen molar-refractivity contribution in [1.29, 1.82) is 0 Å². The number of hydrogen-bond donors (Lipinski definition) is 0. The molecule has 0 spiro atoms. The Morgan fingerprint density at radius 3 is 1.92 bits per heavy atom. The van der Waals surface area contributed by atoms with Gasteiger partial charge in [-0.05, 0) is 48.5 Å². The Hall–Kier alpha value is -3.40. The summed E-state index contributed by atoms with van der Waals surface area (Å²) in [4.78, 5) is 22.7. The van der Waals surface area contributed by atoms with Crippen LogP contribution in [0, 0.1) is 0 Å². The average molecular weight is 318 g/mol. The highest BCUT2D eigenvalue weighted by molar-refractivity contribution is 5.91. The first kappa shape index (κ1) is 15.5. The van der Waals surface area contributed by atoms with E-state index in [1.807, 2.05) is 30.3 Å². The topological polar surface area (TPSA) is 52.6 Å². The van der Waals surface area contributed by atoms with Gasteiger partial charge in [-0.1, -0.05) is 30.3 Å². The summed E-state index contributed by atoms with van der Waals surface area (Å²) in [6, 6.07) is 22.4. The molecule has 0 saturated carbocycles. The van der Waals surface area contributed by atoms with E-state index in [4.69, 9.17) is 9.47 Å². The molecule has 0 aliphatic heterocycles. The predicted molar refractivity (Wildman–Crippen MR) is 89.7 cm³/mol. The molecule has 0 unspecified atom stereocenters. The Balaban J connectivity index is 1.65. The molecule has 0 amide bonds. The van der Waals surface area contributed by atoms with Crippen LogP contribution in [0.1, 0.15) is 20.7 Å². The first-order valence-corrected chi connectivity index (χ1v) is 7.35. The van der Waals surface area contributed by atoms with Gasteiger partial charge < -0.3 is 9.47 Å². The van der Waals surface area contributed by atoms with Crippen molar-refractivity contribution in [2.24, 2.45) is 0 Å². The molecule has 3 aromatic carbocycles. The van der Waals surface area contributed by atoms with Gasteiger partial charge in [-0.3, -0.25) is 4.79 Å². The van der Waals surface area contributed by atoms with Gasteiger partial charge in [0.05, 0.1) is 5.56 Å². The second-order valence-electron chi connectivity index (χ2n) is 5.02. The van der Waals surface area contributed by atoms with Crippen LogP contribution in [0.4, 0.5) is 0 Å². The zero-order chi connectivity index (χ0) is 16.8. The lowest BCUT2D eigenvalue weighted by Gasteiger charge is -2.07. The third-order valence-corrected chi connectivity index (χ3v) is 3.30. The van der Waals surface area contributed by atoms with Crippen LogP contribution in [0.15, 0.2) is 78.9 Å². The molecule has 24 heavy (non-hydrogen) atoms. The van der Waals surface area contributed by atoms with Crippen molar-refractivity contribution in [2.45, 2.75) is 0 Å². The standard InChI is InChI=1S/C20H14O4/c21-14-15-6-8-16(9-7-15)20(22)24-19-12-10-18(11-13-19)23-17-4-2-1-3-5-17/h1-14H. The normalized spacial score (nSPS) is 10.0. The molecule has 0 saturated heterocycles. The fourth-order valence-electron chi connectivity index (χ4n) is 2.06. The van der Waals surface area contributed by atoms with Gasteiger partial charge >= 0.3 is 5.97 Å². The molecule has 0 N–H and O–H groups in total. The number of hydrogen-bond acceptors (Lipinski definition) is 4. The minimum Gasteiger partial charge on any atom is -0.457 e. The Morgan fingerprint density at radius 2 is 1.29 bits per heavy atom. The number of benzene rings is 3. The molecule has 0 fully saturated rings. The van der Waals surface area contributed by atoms with Gasteiger partial charge in [0.2, 0.25) is 0 Å². The lowest BCUT2D eigenvalue weighted by molar-refractivity contribution is 0.0734. The van der Waals surface area contributed by atoms with Crippen LogP contribution in [-0.4, -0.2) is 12.3 Å². The number of para-hydroxylation sites is 1. The summed E-state index contributed by atoms with van der Waals surface area (Å²) in [5.74, 6) is 1.32. The summed E-state index contributed by atoms with van der Waals surface area (Å²) < 4.78 is 11.0. The summed E-state index contributed by atoms with van der Waals surface area (Å²) in [6.07, 6.45) is 0.723. The summed E-state index contributed by atoms with van der Waals surface area (Å²) in [5.41, 5.74) is 0.888. The number of ether oxygens (including phenoxy) is 2. The molecule has 0 bridgehead atoms. The minimum absolute atomic E-state index is 0.380. The van der Waals surface area contributed by atoms with Gasteiger partial charge in [0, 0.05) is 5.56 Å². The van der Waals surface area contributed by atoms with Gasteiger partial charge in [-0.25, -0.2) is 4.79 Å².